The van der Waals surface area contributed by atoms with Gasteiger partial charge in [0.25, 0.3) is 5.91 Å². The number of benzene rings is 1. The van der Waals surface area contributed by atoms with Gasteiger partial charge in [-0.1, -0.05) is 117 Å². The molecule has 42 heavy (non-hydrogen) atoms. The number of hydrogen-bond donors (Lipinski definition) is 1. The summed E-state index contributed by atoms with van der Waals surface area (Å²) in [7, 11) is 0. The Hall–Kier alpha value is -3.00. The zero-order chi connectivity index (χ0) is 30.9. The lowest BCUT2D eigenvalue weighted by Crippen LogP contribution is -2.34. The normalized spacial score (nSPS) is 16.2. The van der Waals surface area contributed by atoms with Crippen molar-refractivity contribution in [2.24, 2.45) is 16.9 Å². The second-order valence-electron chi connectivity index (χ2n) is 12.5. The number of thiazole rings is 1. The molecule has 1 aromatic heterocycles. The number of hydrogen-bond acceptors (Lipinski definition) is 6. The lowest BCUT2D eigenvalue weighted by molar-refractivity contribution is -0.129. The number of hydrazone groups is 1. The Labute approximate surface area is 256 Å². The highest BCUT2D eigenvalue weighted by Gasteiger charge is 2.36. The van der Waals surface area contributed by atoms with Crippen molar-refractivity contribution in [3.63, 3.8) is 0 Å². The maximum absolute atomic E-state index is 13.5. The van der Waals surface area contributed by atoms with Gasteiger partial charge in [0.15, 0.2) is 10.8 Å². The van der Waals surface area contributed by atoms with Crippen LogP contribution in [0.4, 0.5) is 10.8 Å². The van der Waals surface area contributed by atoms with E-state index in [2.05, 4.69) is 58.5 Å². The van der Waals surface area contributed by atoms with Crippen LogP contribution < -0.4 is 9.91 Å². The van der Waals surface area contributed by atoms with Gasteiger partial charge in [-0.25, -0.2) is 9.78 Å². The Balaban J connectivity index is 2.08. The highest BCUT2D eigenvalue weighted by molar-refractivity contribution is 7.16. The third kappa shape index (κ3) is 8.52. The average Bonchev–Trinajstić information content (AvgIpc) is 3.54. The molecule has 1 aliphatic heterocycles. The van der Waals surface area contributed by atoms with Crippen LogP contribution in [-0.4, -0.2) is 40.8 Å². The molecule has 7 nitrogen and oxygen atoms in total. The number of aromatic nitrogens is 1. The van der Waals surface area contributed by atoms with Crippen LogP contribution in [0.5, 0.6) is 0 Å². The molecule has 1 amide bonds. The summed E-state index contributed by atoms with van der Waals surface area (Å²) >= 11 is 1.57. The molecular formula is C34H50N4O3S. The van der Waals surface area contributed by atoms with E-state index in [1.165, 1.54) is 43.5 Å². The van der Waals surface area contributed by atoms with Crippen molar-refractivity contribution in [1.82, 2.24) is 4.98 Å². The molecule has 3 rings (SSSR count). The number of aliphatic carboxylic acids is 1. The number of carboxylic acids is 1. The maximum atomic E-state index is 13.5. The standard InChI is InChI=1S/C34H50N4O3S/c1-8-12-17-24(10-3)22-37(23-25(11-4)18-13-9-2)33-35-30(34(5,6)7)28(42-33)21-27-29(32(40)41)36-38(31(27)39)26-19-15-14-16-20-26/h14-16,19-21,24-25H,8-13,17-18,22-23H2,1-7H3,(H,40,41)/b27-21-. The van der Waals surface area contributed by atoms with E-state index in [9.17, 15) is 14.7 Å². The van der Waals surface area contributed by atoms with Crippen LogP contribution in [0.3, 0.4) is 0 Å². The molecule has 1 aromatic carbocycles. The van der Waals surface area contributed by atoms with Gasteiger partial charge in [-0.05, 0) is 42.9 Å². The first-order valence-electron chi connectivity index (χ1n) is 15.7. The number of unbranched alkanes of at least 4 members (excludes halogenated alkanes) is 2. The molecule has 1 N–H and O–H groups in total. The minimum Gasteiger partial charge on any atom is -0.476 e. The van der Waals surface area contributed by atoms with Crippen molar-refractivity contribution in [1.29, 1.82) is 0 Å². The lowest BCUT2D eigenvalue weighted by Gasteiger charge is -2.30. The summed E-state index contributed by atoms with van der Waals surface area (Å²) in [5.41, 5.74) is 0.951. The van der Waals surface area contributed by atoms with Gasteiger partial charge in [0.1, 0.15) is 0 Å². The number of para-hydroxylation sites is 1. The fourth-order valence-electron chi connectivity index (χ4n) is 5.36. The summed E-state index contributed by atoms with van der Waals surface area (Å²) in [5, 5.41) is 16.3. The van der Waals surface area contributed by atoms with Gasteiger partial charge in [0.05, 0.1) is 21.8 Å². The molecule has 0 radical (unpaired) electrons. The van der Waals surface area contributed by atoms with Crippen LogP contribution in [0.15, 0.2) is 41.0 Å². The molecule has 2 aromatic rings. The molecule has 230 valence electrons. The van der Waals surface area contributed by atoms with E-state index in [-0.39, 0.29) is 16.7 Å². The monoisotopic (exact) mass is 594 g/mol. The van der Waals surface area contributed by atoms with E-state index in [1.54, 1.807) is 41.7 Å². The molecule has 0 bridgehead atoms. The van der Waals surface area contributed by atoms with Crippen LogP contribution >= 0.6 is 11.3 Å². The molecule has 0 aliphatic carbocycles. The number of rotatable bonds is 16. The second kappa shape index (κ2) is 15.5. The number of amides is 1. The molecule has 1 aliphatic rings. The summed E-state index contributed by atoms with van der Waals surface area (Å²) in [6, 6.07) is 8.95. The van der Waals surface area contributed by atoms with Gasteiger partial charge in [-0.3, -0.25) is 4.79 Å². The molecule has 0 spiro atoms. The molecule has 0 saturated heterocycles. The summed E-state index contributed by atoms with van der Waals surface area (Å²) in [4.78, 5) is 34.3. The Kier molecular flexibility index (Phi) is 12.3. The van der Waals surface area contributed by atoms with E-state index in [4.69, 9.17) is 4.98 Å². The summed E-state index contributed by atoms with van der Waals surface area (Å²) in [5.74, 6) is -0.500. The summed E-state index contributed by atoms with van der Waals surface area (Å²) in [6.45, 7) is 17.3. The topological polar surface area (TPSA) is 86.1 Å². The van der Waals surface area contributed by atoms with Crippen molar-refractivity contribution in [2.45, 2.75) is 105 Å². The maximum Gasteiger partial charge on any atom is 0.357 e. The van der Waals surface area contributed by atoms with E-state index in [0.717, 1.165) is 41.6 Å². The Morgan fingerprint density at radius 1 is 1.00 bits per heavy atom. The third-order valence-electron chi connectivity index (χ3n) is 8.02. The van der Waals surface area contributed by atoms with Gasteiger partial charge in [0, 0.05) is 18.5 Å². The van der Waals surface area contributed by atoms with Crippen molar-refractivity contribution < 1.29 is 14.7 Å². The average molecular weight is 595 g/mol. The zero-order valence-electron chi connectivity index (χ0n) is 26.7. The molecule has 2 heterocycles. The van der Waals surface area contributed by atoms with Crippen LogP contribution in [-0.2, 0) is 15.0 Å². The van der Waals surface area contributed by atoms with Crippen molar-refractivity contribution in [3.8, 4) is 0 Å². The molecule has 2 atom stereocenters. The highest BCUT2D eigenvalue weighted by Crippen LogP contribution is 2.38. The van der Waals surface area contributed by atoms with Crippen LogP contribution in [0, 0.1) is 11.8 Å². The fraction of sp³-hybridized carbons (Fsp3) is 0.588. The van der Waals surface area contributed by atoms with Gasteiger partial charge < -0.3 is 10.0 Å². The minimum atomic E-state index is -1.22. The number of carbonyl (C=O) groups is 2. The smallest absolute Gasteiger partial charge is 0.357 e. The molecule has 0 saturated carbocycles. The molecule has 2 unspecified atom stereocenters. The van der Waals surface area contributed by atoms with Crippen LogP contribution in [0.25, 0.3) is 6.08 Å². The van der Waals surface area contributed by atoms with Crippen LogP contribution in [0.2, 0.25) is 0 Å². The Bertz CT molecular complexity index is 1230. The van der Waals surface area contributed by atoms with E-state index in [1.807, 2.05) is 6.07 Å². The van der Waals surface area contributed by atoms with E-state index < -0.39 is 11.9 Å². The molecular weight excluding hydrogens is 544 g/mol. The lowest BCUT2D eigenvalue weighted by atomic mass is 9.90. The van der Waals surface area contributed by atoms with Crippen LogP contribution in [0.1, 0.15) is 110 Å². The second-order valence-corrected chi connectivity index (χ2v) is 13.5. The van der Waals surface area contributed by atoms with Gasteiger partial charge in [-0.15, -0.1) is 0 Å². The molecule has 0 fully saturated rings. The largest absolute Gasteiger partial charge is 0.476 e. The third-order valence-corrected chi connectivity index (χ3v) is 9.09. The first-order chi connectivity index (χ1) is 20.0. The van der Waals surface area contributed by atoms with Gasteiger partial charge >= 0.3 is 5.97 Å². The number of anilines is 2. The SMILES string of the molecule is CCCCC(CC)CN(CC(CC)CCCC)c1nc(C(C)(C)C)c(/C=C2\C(=O)N(c3ccccc3)N=C2C(=O)O)s1. The van der Waals surface area contributed by atoms with E-state index >= 15 is 0 Å². The first-order valence-corrected chi connectivity index (χ1v) is 16.5. The quantitative estimate of drug-likeness (QED) is 0.197. The zero-order valence-corrected chi connectivity index (χ0v) is 27.5. The molecule has 8 heteroatoms. The Morgan fingerprint density at radius 2 is 1.57 bits per heavy atom. The highest BCUT2D eigenvalue weighted by atomic mass is 32.1. The van der Waals surface area contributed by atoms with Crippen molar-refractivity contribution >= 4 is 45.8 Å². The summed E-state index contributed by atoms with van der Waals surface area (Å²) in [6.07, 6.45) is 11.2. The predicted molar refractivity (Wildman–Crippen MR) is 177 cm³/mol. The first kappa shape index (κ1) is 33.5. The summed E-state index contributed by atoms with van der Waals surface area (Å²) < 4.78 is 0. The van der Waals surface area contributed by atoms with Crippen molar-refractivity contribution in [2.75, 3.05) is 23.0 Å². The minimum absolute atomic E-state index is 0.0855. The van der Waals surface area contributed by atoms with Gasteiger partial charge in [-0.2, -0.15) is 10.1 Å². The number of nitrogens with zero attached hydrogens (tertiary/aromatic N) is 4. The Morgan fingerprint density at radius 3 is 2.05 bits per heavy atom. The van der Waals surface area contributed by atoms with Gasteiger partial charge in [0.2, 0.25) is 0 Å². The number of carboxylic acid groups (broad SMARTS) is 1. The number of carbonyl (C=O) groups excluding carboxylic acids is 1. The predicted octanol–water partition coefficient (Wildman–Crippen LogP) is 8.55. The van der Waals surface area contributed by atoms with Crippen molar-refractivity contribution in [3.05, 3.63) is 46.5 Å². The van der Waals surface area contributed by atoms with E-state index in [0.29, 0.717) is 17.5 Å². The fourth-order valence-corrected chi connectivity index (χ4v) is 6.59.